The Morgan fingerprint density at radius 3 is 2.40 bits per heavy atom. The maximum absolute atomic E-state index is 6.43. The maximum atomic E-state index is 6.43. The standard InChI is InChI=1S/C16H29N3S/c1-4-8-18-9-11-19(12-10-18)16(14(17)5-2)15-7-6-13(3)20-15/h6-7,14,16H,4-5,8-12,17H2,1-3H3. The minimum absolute atomic E-state index is 0.241. The molecule has 0 bridgehead atoms. The second kappa shape index (κ2) is 7.55. The summed E-state index contributed by atoms with van der Waals surface area (Å²) in [5, 5.41) is 0. The molecule has 0 amide bonds. The van der Waals surface area contributed by atoms with E-state index in [-0.39, 0.29) is 6.04 Å². The molecular weight excluding hydrogens is 266 g/mol. The summed E-state index contributed by atoms with van der Waals surface area (Å²) in [5.74, 6) is 0. The molecule has 4 heteroatoms. The van der Waals surface area contributed by atoms with Crippen LogP contribution in [0.25, 0.3) is 0 Å². The Kier molecular flexibility index (Phi) is 6.02. The van der Waals surface area contributed by atoms with Gasteiger partial charge in [0.25, 0.3) is 0 Å². The Hall–Kier alpha value is -0.420. The van der Waals surface area contributed by atoms with E-state index in [0.29, 0.717) is 6.04 Å². The lowest BCUT2D eigenvalue weighted by Gasteiger charge is -2.41. The Morgan fingerprint density at radius 1 is 1.20 bits per heavy atom. The molecule has 0 saturated carbocycles. The van der Waals surface area contributed by atoms with Crippen LogP contribution in [0.1, 0.15) is 42.5 Å². The van der Waals surface area contributed by atoms with Gasteiger partial charge in [-0.25, -0.2) is 0 Å². The SMILES string of the molecule is CCCN1CCN(C(c2ccc(C)s2)C(N)CC)CC1. The minimum atomic E-state index is 0.241. The number of nitrogens with zero attached hydrogens (tertiary/aromatic N) is 2. The van der Waals surface area contributed by atoms with Gasteiger partial charge in [-0.1, -0.05) is 13.8 Å². The third kappa shape index (κ3) is 3.82. The van der Waals surface area contributed by atoms with Gasteiger partial charge >= 0.3 is 0 Å². The first-order valence-electron chi connectivity index (χ1n) is 7.94. The number of piperazine rings is 1. The Labute approximate surface area is 127 Å². The van der Waals surface area contributed by atoms with Gasteiger partial charge in [0.15, 0.2) is 0 Å². The first kappa shape index (κ1) is 16.0. The summed E-state index contributed by atoms with van der Waals surface area (Å²) < 4.78 is 0. The molecule has 2 heterocycles. The van der Waals surface area contributed by atoms with Gasteiger partial charge in [0.1, 0.15) is 0 Å². The second-order valence-corrected chi connectivity index (χ2v) is 7.16. The van der Waals surface area contributed by atoms with Crippen molar-refractivity contribution in [1.29, 1.82) is 0 Å². The molecule has 3 nitrogen and oxygen atoms in total. The van der Waals surface area contributed by atoms with Crippen molar-refractivity contribution in [2.45, 2.75) is 45.7 Å². The number of aryl methyl sites for hydroxylation is 1. The summed E-state index contributed by atoms with van der Waals surface area (Å²) in [6.45, 7) is 12.5. The molecule has 1 saturated heterocycles. The summed E-state index contributed by atoms with van der Waals surface area (Å²) in [7, 11) is 0. The van der Waals surface area contributed by atoms with Crippen molar-refractivity contribution in [1.82, 2.24) is 9.80 Å². The van der Waals surface area contributed by atoms with Crippen molar-refractivity contribution in [3.05, 3.63) is 21.9 Å². The fourth-order valence-corrected chi connectivity index (χ4v) is 4.17. The highest BCUT2D eigenvalue weighted by Gasteiger charge is 2.29. The van der Waals surface area contributed by atoms with Gasteiger partial charge in [-0.3, -0.25) is 4.90 Å². The number of nitrogens with two attached hydrogens (primary N) is 1. The number of hydrogen-bond donors (Lipinski definition) is 1. The number of thiophene rings is 1. The van der Waals surface area contributed by atoms with Crippen molar-refractivity contribution in [3.8, 4) is 0 Å². The molecule has 2 N–H and O–H groups in total. The summed E-state index contributed by atoms with van der Waals surface area (Å²) in [6.07, 6.45) is 2.29. The quantitative estimate of drug-likeness (QED) is 0.876. The van der Waals surface area contributed by atoms with Crippen LogP contribution in [0.2, 0.25) is 0 Å². The number of hydrogen-bond acceptors (Lipinski definition) is 4. The molecule has 2 rings (SSSR count). The molecule has 0 aromatic carbocycles. The third-order valence-electron chi connectivity index (χ3n) is 4.27. The molecular formula is C16H29N3S. The molecule has 1 fully saturated rings. The average molecular weight is 295 g/mol. The van der Waals surface area contributed by atoms with Gasteiger partial charge in [0.2, 0.25) is 0 Å². The van der Waals surface area contributed by atoms with E-state index in [4.69, 9.17) is 5.73 Å². The fraction of sp³-hybridized carbons (Fsp3) is 0.750. The molecule has 1 aliphatic rings. The summed E-state index contributed by atoms with van der Waals surface area (Å²) in [4.78, 5) is 8.01. The highest BCUT2D eigenvalue weighted by Crippen LogP contribution is 2.31. The topological polar surface area (TPSA) is 32.5 Å². The molecule has 2 atom stereocenters. The van der Waals surface area contributed by atoms with Crippen LogP contribution in [0, 0.1) is 6.92 Å². The molecule has 1 aromatic rings. The zero-order chi connectivity index (χ0) is 14.5. The summed E-state index contributed by atoms with van der Waals surface area (Å²) in [5.41, 5.74) is 6.43. The Balaban J connectivity index is 2.05. The molecule has 1 aromatic heterocycles. The van der Waals surface area contributed by atoms with Crippen LogP contribution in [0.15, 0.2) is 12.1 Å². The molecule has 1 aliphatic heterocycles. The van der Waals surface area contributed by atoms with Gasteiger partial charge in [-0.2, -0.15) is 0 Å². The zero-order valence-electron chi connectivity index (χ0n) is 13.1. The van der Waals surface area contributed by atoms with E-state index in [9.17, 15) is 0 Å². The van der Waals surface area contributed by atoms with Crippen LogP contribution in [-0.2, 0) is 0 Å². The zero-order valence-corrected chi connectivity index (χ0v) is 14.0. The van der Waals surface area contributed by atoms with Crippen molar-refractivity contribution in [2.75, 3.05) is 32.7 Å². The Morgan fingerprint density at radius 2 is 1.90 bits per heavy atom. The van der Waals surface area contributed by atoms with Crippen LogP contribution < -0.4 is 5.73 Å². The predicted molar refractivity (Wildman–Crippen MR) is 88.4 cm³/mol. The highest BCUT2D eigenvalue weighted by molar-refractivity contribution is 7.12. The molecule has 0 aliphatic carbocycles. The van der Waals surface area contributed by atoms with Crippen LogP contribution >= 0.6 is 11.3 Å². The lowest BCUT2D eigenvalue weighted by Crippen LogP contribution is -2.51. The molecule has 0 radical (unpaired) electrons. The van der Waals surface area contributed by atoms with Crippen molar-refractivity contribution in [3.63, 3.8) is 0 Å². The van der Waals surface area contributed by atoms with Gasteiger partial charge in [0, 0.05) is 42.0 Å². The monoisotopic (exact) mass is 295 g/mol. The smallest absolute Gasteiger partial charge is 0.0594 e. The van der Waals surface area contributed by atoms with E-state index in [1.165, 1.54) is 35.8 Å². The predicted octanol–water partition coefficient (Wildman–Crippen LogP) is 2.86. The van der Waals surface area contributed by atoms with Gasteiger partial charge in [-0.05, 0) is 38.4 Å². The first-order valence-corrected chi connectivity index (χ1v) is 8.75. The third-order valence-corrected chi connectivity index (χ3v) is 5.34. The van der Waals surface area contributed by atoms with Crippen molar-refractivity contribution >= 4 is 11.3 Å². The molecule has 2 unspecified atom stereocenters. The van der Waals surface area contributed by atoms with E-state index >= 15 is 0 Å². The van der Waals surface area contributed by atoms with Crippen LogP contribution in [0.4, 0.5) is 0 Å². The molecule has 114 valence electrons. The molecule has 20 heavy (non-hydrogen) atoms. The summed E-state index contributed by atoms with van der Waals surface area (Å²) in [6, 6.07) is 5.15. The van der Waals surface area contributed by atoms with E-state index in [2.05, 4.69) is 42.7 Å². The largest absolute Gasteiger partial charge is 0.326 e. The van der Waals surface area contributed by atoms with Gasteiger partial charge < -0.3 is 10.6 Å². The fourth-order valence-electron chi connectivity index (χ4n) is 3.08. The van der Waals surface area contributed by atoms with Crippen LogP contribution in [-0.4, -0.2) is 48.6 Å². The second-order valence-electron chi connectivity index (χ2n) is 5.84. The van der Waals surface area contributed by atoms with Gasteiger partial charge in [0.05, 0.1) is 6.04 Å². The average Bonchev–Trinajstić information content (AvgIpc) is 2.87. The lowest BCUT2D eigenvalue weighted by molar-refractivity contribution is 0.0851. The van der Waals surface area contributed by atoms with Crippen molar-refractivity contribution < 1.29 is 0 Å². The minimum Gasteiger partial charge on any atom is -0.326 e. The lowest BCUT2D eigenvalue weighted by atomic mass is 10.0. The van der Waals surface area contributed by atoms with Crippen LogP contribution in [0.3, 0.4) is 0 Å². The first-order chi connectivity index (χ1) is 9.65. The normalized spacial score (nSPS) is 21.0. The summed E-state index contributed by atoms with van der Waals surface area (Å²) >= 11 is 1.91. The van der Waals surface area contributed by atoms with Gasteiger partial charge in [-0.15, -0.1) is 11.3 Å². The van der Waals surface area contributed by atoms with E-state index < -0.39 is 0 Å². The van der Waals surface area contributed by atoms with E-state index in [1.807, 2.05) is 11.3 Å². The van der Waals surface area contributed by atoms with E-state index in [1.54, 1.807) is 0 Å². The molecule has 0 spiro atoms. The van der Waals surface area contributed by atoms with Crippen molar-refractivity contribution in [2.24, 2.45) is 5.73 Å². The maximum Gasteiger partial charge on any atom is 0.0594 e. The van der Waals surface area contributed by atoms with Crippen LogP contribution in [0.5, 0.6) is 0 Å². The number of rotatable bonds is 6. The highest BCUT2D eigenvalue weighted by atomic mass is 32.1. The Bertz CT molecular complexity index is 396. The van der Waals surface area contributed by atoms with E-state index in [0.717, 1.165) is 19.5 Å².